The van der Waals surface area contributed by atoms with Gasteiger partial charge in [0, 0.05) is 13.0 Å². The lowest BCUT2D eigenvalue weighted by molar-refractivity contribution is -0.137. The van der Waals surface area contributed by atoms with Crippen LogP contribution >= 0.6 is 0 Å². The number of rotatable bonds is 8. The summed E-state index contributed by atoms with van der Waals surface area (Å²) in [6, 6.07) is 9.76. The second kappa shape index (κ2) is 7.68. The van der Waals surface area contributed by atoms with Gasteiger partial charge >= 0.3 is 5.97 Å². The summed E-state index contributed by atoms with van der Waals surface area (Å²) in [5, 5.41) is 11.5. The molecule has 1 rings (SSSR count). The molecular weight excluding hydrogens is 254 g/mol. The molecule has 4 nitrogen and oxygen atoms in total. The highest BCUT2D eigenvalue weighted by Crippen LogP contribution is 2.31. The molecule has 0 radical (unpaired) electrons. The Labute approximate surface area is 120 Å². The number of amides is 1. The first-order valence-electron chi connectivity index (χ1n) is 7.12. The second-order valence-corrected chi connectivity index (χ2v) is 4.91. The number of carbonyl (C=O) groups is 2. The van der Waals surface area contributed by atoms with E-state index in [1.54, 1.807) is 0 Å². The minimum Gasteiger partial charge on any atom is -0.481 e. The van der Waals surface area contributed by atoms with E-state index in [-0.39, 0.29) is 12.3 Å². The van der Waals surface area contributed by atoms with Crippen molar-refractivity contribution in [1.29, 1.82) is 0 Å². The summed E-state index contributed by atoms with van der Waals surface area (Å²) in [5.74, 6) is -0.848. The zero-order chi connectivity index (χ0) is 15.0. The summed E-state index contributed by atoms with van der Waals surface area (Å²) in [5.41, 5.74) is 0.491. The molecule has 0 aliphatic heterocycles. The minimum absolute atomic E-state index is 0.0147. The van der Waals surface area contributed by atoms with E-state index in [2.05, 4.69) is 5.32 Å². The quantitative estimate of drug-likeness (QED) is 0.718. The average molecular weight is 277 g/mol. The number of aliphatic carboxylic acids is 1. The van der Waals surface area contributed by atoms with Gasteiger partial charge in [-0.2, -0.15) is 0 Å². The Morgan fingerprint density at radius 1 is 1.15 bits per heavy atom. The number of carboxylic acids is 1. The number of benzene rings is 1. The second-order valence-electron chi connectivity index (χ2n) is 4.91. The van der Waals surface area contributed by atoms with E-state index in [1.165, 1.54) is 0 Å². The van der Waals surface area contributed by atoms with E-state index in [0.29, 0.717) is 13.0 Å². The van der Waals surface area contributed by atoms with Crippen molar-refractivity contribution in [2.45, 2.75) is 44.9 Å². The van der Waals surface area contributed by atoms with Crippen LogP contribution in [0.2, 0.25) is 0 Å². The fourth-order valence-corrected chi connectivity index (χ4v) is 2.48. The topological polar surface area (TPSA) is 66.4 Å². The van der Waals surface area contributed by atoms with Gasteiger partial charge in [0.25, 0.3) is 0 Å². The van der Waals surface area contributed by atoms with Crippen molar-refractivity contribution in [1.82, 2.24) is 5.32 Å². The van der Waals surface area contributed by atoms with Gasteiger partial charge < -0.3 is 10.4 Å². The van der Waals surface area contributed by atoms with E-state index in [0.717, 1.165) is 18.4 Å². The molecular formula is C16H23NO3. The number of carboxylic acid groups (broad SMARTS) is 1. The highest BCUT2D eigenvalue weighted by molar-refractivity contribution is 5.88. The Morgan fingerprint density at radius 2 is 1.75 bits per heavy atom. The van der Waals surface area contributed by atoms with Crippen molar-refractivity contribution in [2.75, 3.05) is 6.54 Å². The molecule has 1 aromatic rings. The monoisotopic (exact) mass is 277 g/mol. The first-order chi connectivity index (χ1) is 9.56. The number of nitrogens with one attached hydrogen (secondary N) is 1. The first-order valence-corrected chi connectivity index (χ1v) is 7.12. The third-order valence-electron chi connectivity index (χ3n) is 3.82. The van der Waals surface area contributed by atoms with Crippen molar-refractivity contribution in [3.63, 3.8) is 0 Å². The van der Waals surface area contributed by atoms with Crippen LogP contribution in [-0.4, -0.2) is 23.5 Å². The molecule has 0 bridgehead atoms. The van der Waals surface area contributed by atoms with E-state index >= 15 is 0 Å². The molecule has 0 fully saturated rings. The van der Waals surface area contributed by atoms with E-state index in [1.807, 2.05) is 44.2 Å². The van der Waals surface area contributed by atoms with Crippen LogP contribution in [0.4, 0.5) is 0 Å². The van der Waals surface area contributed by atoms with Crippen LogP contribution in [0.1, 0.15) is 45.1 Å². The zero-order valence-corrected chi connectivity index (χ0v) is 12.2. The fraction of sp³-hybridized carbons (Fsp3) is 0.500. The highest BCUT2D eigenvalue weighted by Gasteiger charge is 2.36. The lowest BCUT2D eigenvalue weighted by Gasteiger charge is -2.31. The molecule has 0 spiro atoms. The summed E-state index contributed by atoms with van der Waals surface area (Å²) in [6.07, 6.45) is 1.98. The predicted molar refractivity (Wildman–Crippen MR) is 78.6 cm³/mol. The van der Waals surface area contributed by atoms with Crippen LogP contribution in [0.3, 0.4) is 0 Å². The fourth-order valence-electron chi connectivity index (χ4n) is 2.48. The van der Waals surface area contributed by atoms with E-state index < -0.39 is 11.4 Å². The largest absolute Gasteiger partial charge is 0.481 e. The molecule has 0 heterocycles. The maximum Gasteiger partial charge on any atom is 0.303 e. The Hall–Kier alpha value is -1.84. The lowest BCUT2D eigenvalue weighted by atomic mass is 9.75. The highest BCUT2D eigenvalue weighted by atomic mass is 16.4. The van der Waals surface area contributed by atoms with Crippen molar-refractivity contribution in [3.8, 4) is 0 Å². The van der Waals surface area contributed by atoms with Crippen LogP contribution in [0.15, 0.2) is 30.3 Å². The summed E-state index contributed by atoms with van der Waals surface area (Å²) < 4.78 is 0. The normalized spacial score (nSPS) is 11.1. The Kier molecular flexibility index (Phi) is 6.22. The molecule has 110 valence electrons. The Morgan fingerprint density at radius 3 is 2.25 bits per heavy atom. The zero-order valence-electron chi connectivity index (χ0n) is 12.2. The van der Waals surface area contributed by atoms with Crippen molar-refractivity contribution in [2.24, 2.45) is 0 Å². The SMILES string of the molecule is CCC(CC)(C(=O)NCCCC(=O)O)c1ccccc1. The Balaban J connectivity index is 2.75. The molecule has 20 heavy (non-hydrogen) atoms. The molecule has 1 aromatic carbocycles. The standard InChI is InChI=1S/C16H23NO3/c1-3-16(4-2,13-9-6-5-7-10-13)15(20)17-12-8-11-14(18)19/h5-7,9-10H,3-4,8,11-12H2,1-2H3,(H,17,20)(H,18,19). The van der Waals surface area contributed by atoms with Crippen LogP contribution in [-0.2, 0) is 15.0 Å². The average Bonchev–Trinajstić information content (AvgIpc) is 2.46. The van der Waals surface area contributed by atoms with Gasteiger partial charge in [0.1, 0.15) is 0 Å². The van der Waals surface area contributed by atoms with Gasteiger partial charge in [-0.05, 0) is 24.8 Å². The maximum atomic E-state index is 12.5. The van der Waals surface area contributed by atoms with E-state index in [9.17, 15) is 9.59 Å². The molecule has 0 aliphatic rings. The third kappa shape index (κ3) is 3.83. The van der Waals surface area contributed by atoms with Gasteiger partial charge in [-0.15, -0.1) is 0 Å². The molecule has 0 atom stereocenters. The summed E-state index contributed by atoms with van der Waals surface area (Å²) >= 11 is 0. The van der Waals surface area contributed by atoms with Crippen LogP contribution in [0, 0.1) is 0 Å². The van der Waals surface area contributed by atoms with Gasteiger partial charge in [-0.3, -0.25) is 9.59 Å². The molecule has 0 saturated heterocycles. The predicted octanol–water partition coefficient (Wildman–Crippen LogP) is 2.73. The van der Waals surface area contributed by atoms with Crippen molar-refractivity contribution in [3.05, 3.63) is 35.9 Å². The molecule has 2 N–H and O–H groups in total. The first kappa shape index (κ1) is 16.2. The third-order valence-corrected chi connectivity index (χ3v) is 3.82. The molecule has 1 amide bonds. The molecule has 0 unspecified atom stereocenters. The number of hydrogen-bond acceptors (Lipinski definition) is 2. The van der Waals surface area contributed by atoms with Gasteiger partial charge in [0.15, 0.2) is 0 Å². The summed E-state index contributed by atoms with van der Waals surface area (Å²) in [4.78, 5) is 23.0. The summed E-state index contributed by atoms with van der Waals surface area (Å²) in [6.45, 7) is 4.42. The molecule has 0 aliphatic carbocycles. The van der Waals surface area contributed by atoms with Crippen LogP contribution in [0.5, 0.6) is 0 Å². The summed E-state index contributed by atoms with van der Waals surface area (Å²) in [7, 11) is 0. The Bertz CT molecular complexity index is 438. The minimum atomic E-state index is -0.834. The number of carbonyl (C=O) groups excluding carboxylic acids is 1. The van der Waals surface area contributed by atoms with Crippen LogP contribution < -0.4 is 5.32 Å². The molecule has 4 heteroatoms. The van der Waals surface area contributed by atoms with Crippen molar-refractivity contribution < 1.29 is 14.7 Å². The smallest absolute Gasteiger partial charge is 0.303 e. The lowest BCUT2D eigenvalue weighted by Crippen LogP contribution is -2.44. The number of hydrogen-bond donors (Lipinski definition) is 2. The van der Waals surface area contributed by atoms with E-state index in [4.69, 9.17) is 5.11 Å². The van der Waals surface area contributed by atoms with Crippen molar-refractivity contribution >= 4 is 11.9 Å². The van der Waals surface area contributed by atoms with Crippen LogP contribution in [0.25, 0.3) is 0 Å². The van der Waals surface area contributed by atoms with Gasteiger partial charge in [-0.1, -0.05) is 44.2 Å². The van der Waals surface area contributed by atoms with Gasteiger partial charge in [-0.25, -0.2) is 0 Å². The maximum absolute atomic E-state index is 12.5. The van der Waals surface area contributed by atoms with Gasteiger partial charge in [0.2, 0.25) is 5.91 Å². The molecule has 0 saturated carbocycles. The molecule has 0 aromatic heterocycles. The van der Waals surface area contributed by atoms with Gasteiger partial charge in [0.05, 0.1) is 5.41 Å².